The summed E-state index contributed by atoms with van der Waals surface area (Å²) in [7, 11) is 0. The molecule has 172 valence electrons. The molecule has 3 nitrogen and oxygen atoms in total. The molecule has 0 aromatic carbocycles. The predicted molar refractivity (Wildman–Crippen MR) is 137 cm³/mol. The topological polar surface area (TPSA) is 38.7 Å². The Labute approximate surface area is 195 Å². The van der Waals surface area contributed by atoms with Gasteiger partial charge >= 0.3 is 0 Å². The van der Waals surface area contributed by atoms with Crippen molar-refractivity contribution in [2.24, 2.45) is 0 Å². The van der Waals surface area contributed by atoms with E-state index in [2.05, 4.69) is 122 Å². The first-order valence-electron chi connectivity index (χ1n) is 11.7. The summed E-state index contributed by atoms with van der Waals surface area (Å²) < 4.78 is 0. The molecule has 3 aromatic rings. The average molecular weight is 432 g/mol. The van der Waals surface area contributed by atoms with Gasteiger partial charge < -0.3 is 0 Å². The van der Waals surface area contributed by atoms with Crippen LogP contribution in [0.1, 0.15) is 104 Å². The van der Waals surface area contributed by atoms with Gasteiger partial charge in [-0.05, 0) is 48.2 Å². The van der Waals surface area contributed by atoms with Crippen molar-refractivity contribution < 1.29 is 0 Å². The summed E-state index contributed by atoms with van der Waals surface area (Å²) in [6, 6.07) is 18.6. The zero-order chi connectivity index (χ0) is 24.1. The summed E-state index contributed by atoms with van der Waals surface area (Å²) in [5, 5.41) is 0. The van der Waals surface area contributed by atoms with Crippen molar-refractivity contribution in [2.75, 3.05) is 0 Å². The van der Waals surface area contributed by atoms with E-state index in [4.69, 9.17) is 4.98 Å². The fourth-order valence-electron chi connectivity index (χ4n) is 3.10. The Morgan fingerprint density at radius 3 is 1.16 bits per heavy atom. The third-order valence-corrected chi connectivity index (χ3v) is 5.27. The van der Waals surface area contributed by atoms with Crippen molar-refractivity contribution in [1.29, 1.82) is 0 Å². The van der Waals surface area contributed by atoms with Crippen LogP contribution in [0.4, 0.5) is 0 Å². The van der Waals surface area contributed by atoms with Crippen LogP contribution in [0.25, 0.3) is 11.4 Å². The molecule has 0 fully saturated rings. The van der Waals surface area contributed by atoms with Gasteiger partial charge in [0.15, 0.2) is 0 Å². The van der Waals surface area contributed by atoms with Gasteiger partial charge in [-0.1, -0.05) is 87.4 Å². The summed E-state index contributed by atoms with van der Waals surface area (Å²) in [5.74, 6) is 0.886. The first-order chi connectivity index (χ1) is 14.8. The Kier molecular flexibility index (Phi) is 8.34. The predicted octanol–water partition coefficient (Wildman–Crippen LogP) is 8.07. The quantitative estimate of drug-likeness (QED) is 0.421. The van der Waals surface area contributed by atoms with Crippen LogP contribution in [0.15, 0.2) is 54.6 Å². The van der Waals surface area contributed by atoms with Gasteiger partial charge in [-0.25, -0.2) is 0 Å². The van der Waals surface area contributed by atoms with Gasteiger partial charge in [0.05, 0.1) is 11.4 Å². The zero-order valence-electron chi connectivity index (χ0n) is 21.7. The highest BCUT2D eigenvalue weighted by Crippen LogP contribution is 2.25. The van der Waals surface area contributed by atoms with Crippen LogP contribution in [0.3, 0.4) is 0 Å². The van der Waals surface area contributed by atoms with E-state index in [-0.39, 0.29) is 10.8 Å². The van der Waals surface area contributed by atoms with Crippen molar-refractivity contribution in [1.82, 2.24) is 15.0 Å². The van der Waals surface area contributed by atoms with Gasteiger partial charge in [-0.2, -0.15) is 0 Å². The number of rotatable bonds is 3. The van der Waals surface area contributed by atoms with E-state index in [1.807, 2.05) is 12.1 Å². The van der Waals surface area contributed by atoms with Crippen LogP contribution in [-0.4, -0.2) is 15.0 Å². The Bertz CT molecular complexity index is 926. The van der Waals surface area contributed by atoms with Gasteiger partial charge in [0.1, 0.15) is 0 Å². The van der Waals surface area contributed by atoms with Gasteiger partial charge in [-0.3, -0.25) is 15.0 Å². The van der Waals surface area contributed by atoms with E-state index in [9.17, 15) is 0 Å². The third-order valence-electron chi connectivity index (χ3n) is 5.27. The summed E-state index contributed by atoms with van der Waals surface area (Å²) in [6.45, 7) is 21.8. The van der Waals surface area contributed by atoms with E-state index in [1.54, 1.807) is 0 Å². The lowest BCUT2D eigenvalue weighted by Crippen LogP contribution is -2.19. The highest BCUT2D eigenvalue weighted by molar-refractivity contribution is 5.54. The lowest BCUT2D eigenvalue weighted by molar-refractivity contribution is 0.531. The number of nitrogens with zero attached hydrogens (tertiary/aromatic N) is 3. The molecule has 0 aliphatic rings. The van der Waals surface area contributed by atoms with Gasteiger partial charge in [0.2, 0.25) is 0 Å². The maximum atomic E-state index is 4.72. The molecule has 0 aliphatic heterocycles. The first kappa shape index (κ1) is 25.7. The van der Waals surface area contributed by atoms with Crippen LogP contribution in [0.5, 0.6) is 0 Å². The minimum absolute atomic E-state index is 0.140. The average Bonchev–Trinajstić information content (AvgIpc) is 2.73. The van der Waals surface area contributed by atoms with Gasteiger partial charge in [0.25, 0.3) is 0 Å². The van der Waals surface area contributed by atoms with Crippen molar-refractivity contribution in [3.8, 4) is 11.4 Å². The van der Waals surface area contributed by atoms with E-state index in [0.29, 0.717) is 11.8 Å². The Morgan fingerprint density at radius 2 is 0.844 bits per heavy atom. The molecule has 0 atom stereocenters. The zero-order valence-corrected chi connectivity index (χ0v) is 21.7. The van der Waals surface area contributed by atoms with Crippen molar-refractivity contribution in [3.05, 3.63) is 77.4 Å². The molecule has 3 heterocycles. The van der Waals surface area contributed by atoms with Crippen molar-refractivity contribution in [3.63, 3.8) is 0 Å². The monoisotopic (exact) mass is 431 g/mol. The van der Waals surface area contributed by atoms with Crippen LogP contribution in [0, 0.1) is 0 Å². The lowest BCUT2D eigenvalue weighted by Gasteiger charge is -2.23. The molecule has 0 saturated carbocycles. The molecule has 0 spiro atoms. The fourth-order valence-corrected chi connectivity index (χ4v) is 3.10. The SMILES string of the molecule is CC(C)(C)c1cccc(C(C)(C)C)n1.CC(C)c1cccc(-c2cccc(C(C)C)n2)n1. The van der Waals surface area contributed by atoms with E-state index in [0.717, 1.165) is 22.8 Å². The normalized spacial score (nSPS) is 12.0. The fraction of sp³-hybridized carbons (Fsp3) is 0.483. The molecule has 0 unspecified atom stereocenters. The molecule has 0 aliphatic carbocycles. The minimum Gasteiger partial charge on any atom is -0.257 e. The summed E-state index contributed by atoms with van der Waals surface area (Å²) in [4.78, 5) is 14.1. The van der Waals surface area contributed by atoms with E-state index >= 15 is 0 Å². The van der Waals surface area contributed by atoms with Crippen LogP contribution in [0.2, 0.25) is 0 Å². The maximum absolute atomic E-state index is 4.72. The lowest BCUT2D eigenvalue weighted by atomic mass is 9.88. The van der Waals surface area contributed by atoms with Crippen LogP contribution in [-0.2, 0) is 10.8 Å². The number of aromatic nitrogens is 3. The molecule has 3 heteroatoms. The van der Waals surface area contributed by atoms with Crippen LogP contribution >= 0.6 is 0 Å². The molecular formula is C29H41N3. The second-order valence-corrected chi connectivity index (χ2v) is 11.1. The highest BCUT2D eigenvalue weighted by atomic mass is 14.8. The number of pyridine rings is 3. The third kappa shape index (κ3) is 7.25. The molecule has 32 heavy (non-hydrogen) atoms. The van der Waals surface area contributed by atoms with Crippen molar-refractivity contribution >= 4 is 0 Å². The number of hydrogen-bond donors (Lipinski definition) is 0. The summed E-state index contributed by atoms with van der Waals surface area (Å²) in [5.41, 5.74) is 6.78. The molecule has 3 rings (SSSR count). The standard InChI is InChI=1S/C16H20N2.C13H21N/c1-11(2)13-7-5-9-15(17-13)16-10-6-8-14(18-16)12(3)4;1-12(2,3)10-8-7-9-11(14-10)13(4,5)6/h5-12H,1-4H3;7-9H,1-6H3. The van der Waals surface area contributed by atoms with Gasteiger partial charge in [-0.15, -0.1) is 0 Å². The first-order valence-corrected chi connectivity index (χ1v) is 11.7. The maximum Gasteiger partial charge on any atom is 0.0889 e. The van der Waals surface area contributed by atoms with Crippen LogP contribution < -0.4 is 0 Å². The summed E-state index contributed by atoms with van der Waals surface area (Å²) >= 11 is 0. The minimum atomic E-state index is 0.140. The van der Waals surface area contributed by atoms with E-state index < -0.39 is 0 Å². The van der Waals surface area contributed by atoms with E-state index in [1.165, 1.54) is 11.4 Å². The second kappa shape index (κ2) is 10.4. The Hall–Kier alpha value is -2.55. The summed E-state index contributed by atoms with van der Waals surface area (Å²) in [6.07, 6.45) is 0. The van der Waals surface area contributed by atoms with Gasteiger partial charge in [0, 0.05) is 33.6 Å². The molecule has 3 aromatic heterocycles. The second-order valence-electron chi connectivity index (χ2n) is 11.1. The Balaban J connectivity index is 0.000000235. The molecule has 0 saturated heterocycles. The molecule has 0 N–H and O–H groups in total. The molecule has 0 bridgehead atoms. The largest absolute Gasteiger partial charge is 0.257 e. The Morgan fingerprint density at radius 1 is 0.500 bits per heavy atom. The highest BCUT2D eigenvalue weighted by Gasteiger charge is 2.20. The molecule has 0 radical (unpaired) electrons. The number of hydrogen-bond acceptors (Lipinski definition) is 3. The molecular weight excluding hydrogens is 390 g/mol. The smallest absolute Gasteiger partial charge is 0.0889 e. The molecule has 0 amide bonds. The van der Waals surface area contributed by atoms with Crippen molar-refractivity contribution in [2.45, 2.75) is 91.9 Å².